The minimum Gasteiger partial charge on any atom is -0.335 e. The molecular weight excluding hydrogens is 198 g/mol. The number of nitrogens with zero attached hydrogens (tertiary/aromatic N) is 2. The quantitative estimate of drug-likeness (QED) is 0.733. The SMILES string of the molecule is CCCn1ccnc1CCC(C)CNCC. The van der Waals surface area contributed by atoms with E-state index in [2.05, 4.69) is 41.8 Å². The molecule has 1 N–H and O–H groups in total. The van der Waals surface area contributed by atoms with E-state index in [4.69, 9.17) is 0 Å². The molecule has 1 rings (SSSR count). The van der Waals surface area contributed by atoms with Gasteiger partial charge in [-0.15, -0.1) is 0 Å². The highest BCUT2D eigenvalue weighted by Gasteiger charge is 2.05. The molecule has 3 heteroatoms. The van der Waals surface area contributed by atoms with Crippen molar-refractivity contribution in [3.05, 3.63) is 18.2 Å². The lowest BCUT2D eigenvalue weighted by molar-refractivity contribution is 0.477. The van der Waals surface area contributed by atoms with Crippen molar-refractivity contribution in [2.24, 2.45) is 5.92 Å². The Morgan fingerprint density at radius 1 is 1.44 bits per heavy atom. The van der Waals surface area contributed by atoms with Crippen LogP contribution in [0.4, 0.5) is 0 Å². The maximum atomic E-state index is 4.43. The van der Waals surface area contributed by atoms with E-state index < -0.39 is 0 Å². The zero-order chi connectivity index (χ0) is 11.8. The van der Waals surface area contributed by atoms with Gasteiger partial charge >= 0.3 is 0 Å². The molecule has 0 amide bonds. The number of hydrogen-bond acceptors (Lipinski definition) is 2. The van der Waals surface area contributed by atoms with Crippen LogP contribution < -0.4 is 5.32 Å². The molecule has 1 unspecified atom stereocenters. The Hall–Kier alpha value is -0.830. The monoisotopic (exact) mass is 223 g/mol. The van der Waals surface area contributed by atoms with Gasteiger partial charge in [0.25, 0.3) is 0 Å². The summed E-state index contributed by atoms with van der Waals surface area (Å²) in [6.45, 7) is 9.94. The van der Waals surface area contributed by atoms with Crippen LogP contribution in [0.3, 0.4) is 0 Å². The maximum Gasteiger partial charge on any atom is 0.108 e. The third-order valence-electron chi connectivity index (χ3n) is 2.87. The summed E-state index contributed by atoms with van der Waals surface area (Å²) in [6.07, 6.45) is 7.50. The van der Waals surface area contributed by atoms with Gasteiger partial charge < -0.3 is 9.88 Å². The standard InChI is InChI=1S/C13H25N3/c1-4-9-16-10-8-15-13(16)7-6-12(3)11-14-5-2/h8,10,12,14H,4-7,9,11H2,1-3H3. The second kappa shape index (κ2) is 7.44. The first-order valence-corrected chi connectivity index (χ1v) is 6.48. The summed E-state index contributed by atoms with van der Waals surface area (Å²) < 4.78 is 2.28. The highest BCUT2D eigenvalue weighted by molar-refractivity contribution is 4.92. The van der Waals surface area contributed by atoms with E-state index in [-0.39, 0.29) is 0 Å². The summed E-state index contributed by atoms with van der Waals surface area (Å²) in [7, 11) is 0. The van der Waals surface area contributed by atoms with Gasteiger partial charge in [0.1, 0.15) is 5.82 Å². The van der Waals surface area contributed by atoms with Crippen molar-refractivity contribution in [1.29, 1.82) is 0 Å². The molecule has 0 fully saturated rings. The fourth-order valence-electron chi connectivity index (χ4n) is 1.88. The number of imidazole rings is 1. The third-order valence-corrected chi connectivity index (χ3v) is 2.87. The van der Waals surface area contributed by atoms with Gasteiger partial charge in [0, 0.05) is 25.4 Å². The van der Waals surface area contributed by atoms with Crippen molar-refractivity contribution in [2.45, 2.75) is 46.6 Å². The topological polar surface area (TPSA) is 29.9 Å². The third kappa shape index (κ3) is 4.35. The van der Waals surface area contributed by atoms with Gasteiger partial charge in [-0.05, 0) is 31.8 Å². The maximum absolute atomic E-state index is 4.43. The fourth-order valence-corrected chi connectivity index (χ4v) is 1.88. The van der Waals surface area contributed by atoms with Crippen LogP contribution in [0.25, 0.3) is 0 Å². The van der Waals surface area contributed by atoms with Crippen molar-refractivity contribution in [1.82, 2.24) is 14.9 Å². The van der Waals surface area contributed by atoms with Gasteiger partial charge in [-0.3, -0.25) is 0 Å². The summed E-state index contributed by atoms with van der Waals surface area (Å²) in [5, 5.41) is 3.39. The van der Waals surface area contributed by atoms with Crippen LogP contribution in [-0.4, -0.2) is 22.6 Å². The van der Waals surface area contributed by atoms with Gasteiger partial charge in [-0.25, -0.2) is 4.98 Å². The number of hydrogen-bond donors (Lipinski definition) is 1. The molecule has 1 aromatic heterocycles. The molecule has 1 heterocycles. The van der Waals surface area contributed by atoms with Crippen LogP contribution in [0.5, 0.6) is 0 Å². The Balaban J connectivity index is 2.32. The van der Waals surface area contributed by atoms with Crippen LogP contribution >= 0.6 is 0 Å². The summed E-state index contributed by atoms with van der Waals surface area (Å²) in [5.74, 6) is 1.97. The van der Waals surface area contributed by atoms with Gasteiger partial charge in [-0.2, -0.15) is 0 Å². The molecule has 0 spiro atoms. The van der Waals surface area contributed by atoms with E-state index in [0.29, 0.717) is 0 Å². The smallest absolute Gasteiger partial charge is 0.108 e. The Bertz CT molecular complexity index is 280. The van der Waals surface area contributed by atoms with Gasteiger partial charge in [0.15, 0.2) is 0 Å². The molecule has 16 heavy (non-hydrogen) atoms. The molecule has 0 bridgehead atoms. The Morgan fingerprint density at radius 2 is 2.25 bits per heavy atom. The average Bonchev–Trinajstić information content (AvgIpc) is 2.72. The molecule has 3 nitrogen and oxygen atoms in total. The zero-order valence-electron chi connectivity index (χ0n) is 10.9. The number of nitrogens with one attached hydrogen (secondary N) is 1. The summed E-state index contributed by atoms with van der Waals surface area (Å²) in [4.78, 5) is 4.43. The Morgan fingerprint density at radius 3 is 2.94 bits per heavy atom. The molecular formula is C13H25N3. The lowest BCUT2D eigenvalue weighted by atomic mass is 10.1. The van der Waals surface area contributed by atoms with Crippen molar-refractivity contribution < 1.29 is 0 Å². The van der Waals surface area contributed by atoms with Gasteiger partial charge in [-0.1, -0.05) is 20.8 Å². The summed E-state index contributed by atoms with van der Waals surface area (Å²) in [5.41, 5.74) is 0. The fraction of sp³-hybridized carbons (Fsp3) is 0.769. The van der Waals surface area contributed by atoms with Crippen LogP contribution in [0.15, 0.2) is 12.4 Å². The van der Waals surface area contributed by atoms with Crippen molar-refractivity contribution >= 4 is 0 Å². The van der Waals surface area contributed by atoms with Crippen LogP contribution in [0.2, 0.25) is 0 Å². The number of rotatable bonds is 8. The van der Waals surface area contributed by atoms with Crippen LogP contribution in [0, 0.1) is 5.92 Å². The first kappa shape index (κ1) is 13.2. The molecule has 1 aromatic rings. The van der Waals surface area contributed by atoms with E-state index in [1.54, 1.807) is 0 Å². The van der Waals surface area contributed by atoms with Crippen molar-refractivity contribution in [3.63, 3.8) is 0 Å². The largest absolute Gasteiger partial charge is 0.335 e. The molecule has 0 aliphatic carbocycles. The van der Waals surface area contributed by atoms with Gasteiger partial charge in [0.05, 0.1) is 0 Å². The molecule has 0 aliphatic heterocycles. The normalized spacial score (nSPS) is 12.9. The molecule has 0 saturated heterocycles. The van der Waals surface area contributed by atoms with Crippen LogP contribution in [-0.2, 0) is 13.0 Å². The minimum absolute atomic E-state index is 0.728. The average molecular weight is 223 g/mol. The predicted molar refractivity (Wildman–Crippen MR) is 68.5 cm³/mol. The molecule has 0 radical (unpaired) electrons. The Kier molecular flexibility index (Phi) is 6.16. The molecule has 1 atom stereocenters. The first-order chi connectivity index (χ1) is 7.77. The van der Waals surface area contributed by atoms with Crippen molar-refractivity contribution in [3.8, 4) is 0 Å². The molecule has 0 aliphatic rings. The molecule has 0 saturated carbocycles. The molecule has 92 valence electrons. The van der Waals surface area contributed by atoms with E-state index >= 15 is 0 Å². The van der Waals surface area contributed by atoms with E-state index in [1.165, 1.54) is 18.7 Å². The molecule has 0 aromatic carbocycles. The lowest BCUT2D eigenvalue weighted by Gasteiger charge is -2.12. The highest BCUT2D eigenvalue weighted by atomic mass is 15.1. The van der Waals surface area contributed by atoms with E-state index in [1.807, 2.05) is 6.20 Å². The second-order valence-corrected chi connectivity index (χ2v) is 4.49. The van der Waals surface area contributed by atoms with E-state index in [9.17, 15) is 0 Å². The Labute approximate surface area is 99.3 Å². The number of aromatic nitrogens is 2. The lowest BCUT2D eigenvalue weighted by Crippen LogP contribution is -2.21. The highest BCUT2D eigenvalue weighted by Crippen LogP contribution is 2.08. The van der Waals surface area contributed by atoms with Gasteiger partial charge in [0.2, 0.25) is 0 Å². The summed E-state index contributed by atoms with van der Waals surface area (Å²) in [6, 6.07) is 0. The van der Waals surface area contributed by atoms with Crippen LogP contribution in [0.1, 0.15) is 39.4 Å². The second-order valence-electron chi connectivity index (χ2n) is 4.49. The van der Waals surface area contributed by atoms with E-state index in [0.717, 1.165) is 32.0 Å². The van der Waals surface area contributed by atoms with Crippen molar-refractivity contribution in [2.75, 3.05) is 13.1 Å². The predicted octanol–water partition coefficient (Wildman–Crippen LogP) is 2.47. The zero-order valence-corrected chi connectivity index (χ0v) is 10.9. The number of aryl methyl sites for hydroxylation is 2. The minimum atomic E-state index is 0.728. The first-order valence-electron chi connectivity index (χ1n) is 6.48. The summed E-state index contributed by atoms with van der Waals surface area (Å²) >= 11 is 0.